The number of carboxylic acids is 1. The number of aryl methyl sites for hydroxylation is 1. The molecule has 1 aromatic rings. The van der Waals surface area contributed by atoms with Crippen LogP contribution in [0, 0.1) is 24.7 Å². The van der Waals surface area contributed by atoms with E-state index in [0.29, 0.717) is 12.5 Å². The summed E-state index contributed by atoms with van der Waals surface area (Å²) >= 11 is 0. The molecule has 2 N–H and O–H groups in total. The maximum absolute atomic E-state index is 12.6. The number of carbonyl (C=O) groups is 2. The summed E-state index contributed by atoms with van der Waals surface area (Å²) in [6.45, 7) is 6.16. The number of piperidine rings is 1. The molecular weight excluding hydrogens is 419 g/mol. The number of nitrogens with one attached hydrogen (secondary N) is 1. The molecule has 3 aliphatic rings. The van der Waals surface area contributed by atoms with Crippen LogP contribution in [0.25, 0.3) is 0 Å². The predicted molar refractivity (Wildman–Crippen MR) is 102 cm³/mol. The highest BCUT2D eigenvalue weighted by Crippen LogP contribution is 2.34. The number of amides is 1. The lowest BCUT2D eigenvalue weighted by atomic mass is 9.79. The van der Waals surface area contributed by atoms with Gasteiger partial charge in [0.15, 0.2) is 0 Å². The standard InChI is InChI=1S/C18H27N3O3.C2HF3O2/c1-12-8-14(20-24-12)10-21-6-4-17-16(11-21)15(5-7-23-17)18(22)19-9-13-2-3-13;3-2(4,5)1(6)7/h8,13,15-17H,2-7,9-11H2,1H3,(H,19,22);(H,6,7)/t15-,16+,17-;/m1./s1. The average Bonchev–Trinajstić information content (AvgIpc) is 3.46. The lowest BCUT2D eigenvalue weighted by Crippen LogP contribution is -2.53. The number of alkyl halides is 3. The maximum Gasteiger partial charge on any atom is 0.490 e. The van der Waals surface area contributed by atoms with Crippen LogP contribution in [-0.2, 0) is 20.9 Å². The summed E-state index contributed by atoms with van der Waals surface area (Å²) in [6.07, 6.45) is -0.482. The number of likely N-dealkylation sites (tertiary alicyclic amines) is 1. The quantitative estimate of drug-likeness (QED) is 0.714. The second kappa shape index (κ2) is 9.99. The van der Waals surface area contributed by atoms with E-state index >= 15 is 0 Å². The molecule has 3 fully saturated rings. The monoisotopic (exact) mass is 447 g/mol. The molecule has 8 nitrogen and oxygen atoms in total. The number of carbonyl (C=O) groups excluding carboxylic acids is 1. The summed E-state index contributed by atoms with van der Waals surface area (Å²) in [4.78, 5) is 23.9. The van der Waals surface area contributed by atoms with Crippen molar-refractivity contribution in [3.05, 3.63) is 17.5 Å². The van der Waals surface area contributed by atoms with Crippen molar-refractivity contribution in [2.45, 2.75) is 51.4 Å². The van der Waals surface area contributed by atoms with Gasteiger partial charge in [-0.3, -0.25) is 9.69 Å². The topological polar surface area (TPSA) is 105 Å². The Labute approximate surface area is 178 Å². The van der Waals surface area contributed by atoms with Gasteiger partial charge in [-0.15, -0.1) is 0 Å². The molecule has 1 aromatic heterocycles. The summed E-state index contributed by atoms with van der Waals surface area (Å²) in [7, 11) is 0. The Morgan fingerprint density at radius 3 is 2.58 bits per heavy atom. The number of carboxylic acid groups (broad SMARTS) is 1. The van der Waals surface area contributed by atoms with Gasteiger partial charge in [-0.2, -0.15) is 13.2 Å². The molecule has 3 heterocycles. The summed E-state index contributed by atoms with van der Waals surface area (Å²) in [5, 5.41) is 14.4. The smallest absolute Gasteiger partial charge is 0.475 e. The number of ether oxygens (including phenoxy) is 1. The third-order valence-corrected chi connectivity index (χ3v) is 5.86. The van der Waals surface area contributed by atoms with E-state index in [9.17, 15) is 18.0 Å². The van der Waals surface area contributed by atoms with E-state index in [2.05, 4.69) is 15.4 Å². The van der Waals surface area contributed by atoms with Gasteiger partial charge in [0.2, 0.25) is 5.91 Å². The van der Waals surface area contributed by atoms with E-state index in [4.69, 9.17) is 19.2 Å². The van der Waals surface area contributed by atoms with Crippen molar-refractivity contribution in [1.29, 1.82) is 0 Å². The number of halogens is 3. The molecule has 11 heteroatoms. The second-order valence-electron chi connectivity index (χ2n) is 8.41. The minimum atomic E-state index is -5.08. The van der Waals surface area contributed by atoms with Crippen LogP contribution in [-0.4, -0.2) is 65.6 Å². The Morgan fingerprint density at radius 1 is 1.29 bits per heavy atom. The fraction of sp³-hybridized carbons (Fsp3) is 0.750. The van der Waals surface area contributed by atoms with Crippen molar-refractivity contribution < 1.29 is 37.1 Å². The van der Waals surface area contributed by atoms with Crippen molar-refractivity contribution >= 4 is 11.9 Å². The predicted octanol–water partition coefficient (Wildman–Crippen LogP) is 2.37. The maximum atomic E-state index is 12.6. The zero-order chi connectivity index (χ0) is 22.6. The number of fused-ring (bicyclic) bond motifs is 1. The van der Waals surface area contributed by atoms with Crippen LogP contribution in [0.3, 0.4) is 0 Å². The Bertz CT molecular complexity index is 765. The van der Waals surface area contributed by atoms with Crippen LogP contribution in [0.5, 0.6) is 0 Å². The minimum absolute atomic E-state index is 0.0874. The molecule has 2 saturated heterocycles. The average molecular weight is 447 g/mol. The molecule has 1 saturated carbocycles. The SMILES string of the molecule is Cc1cc(CN2CC[C@H]3OCC[C@@H](C(=O)NCC4CC4)[C@@H]3C2)no1.O=C(O)C(F)(F)F. The number of aliphatic carboxylic acids is 1. The first kappa shape index (κ1) is 23.5. The zero-order valence-corrected chi connectivity index (χ0v) is 17.4. The van der Waals surface area contributed by atoms with Crippen molar-refractivity contribution in [2.75, 3.05) is 26.2 Å². The molecule has 4 rings (SSSR count). The van der Waals surface area contributed by atoms with E-state index in [0.717, 1.165) is 56.4 Å². The van der Waals surface area contributed by atoms with Crippen LogP contribution in [0.4, 0.5) is 13.2 Å². The summed E-state index contributed by atoms with van der Waals surface area (Å²) in [5.41, 5.74) is 0.970. The first-order valence-corrected chi connectivity index (χ1v) is 10.5. The molecule has 0 aromatic carbocycles. The minimum Gasteiger partial charge on any atom is -0.475 e. The summed E-state index contributed by atoms with van der Waals surface area (Å²) < 4.78 is 42.9. The van der Waals surface area contributed by atoms with Gasteiger partial charge in [-0.25, -0.2) is 4.79 Å². The first-order chi connectivity index (χ1) is 14.6. The van der Waals surface area contributed by atoms with Gasteiger partial charge in [0.25, 0.3) is 0 Å². The third-order valence-electron chi connectivity index (χ3n) is 5.86. The lowest BCUT2D eigenvalue weighted by Gasteiger charge is -2.44. The number of rotatable bonds is 5. The molecule has 0 spiro atoms. The van der Waals surface area contributed by atoms with Crippen LogP contribution >= 0.6 is 0 Å². The van der Waals surface area contributed by atoms with Gasteiger partial charge in [-0.05, 0) is 38.5 Å². The summed E-state index contributed by atoms with van der Waals surface area (Å²) in [6, 6.07) is 1.99. The van der Waals surface area contributed by atoms with E-state index in [1.165, 1.54) is 12.8 Å². The number of hydrogen-bond acceptors (Lipinski definition) is 6. The van der Waals surface area contributed by atoms with Crippen LogP contribution in [0.15, 0.2) is 10.6 Å². The normalized spacial score (nSPS) is 26.4. The van der Waals surface area contributed by atoms with E-state index in [1.807, 2.05) is 13.0 Å². The van der Waals surface area contributed by atoms with Gasteiger partial charge in [0.05, 0.1) is 11.8 Å². The largest absolute Gasteiger partial charge is 0.490 e. The van der Waals surface area contributed by atoms with Gasteiger partial charge in [0.1, 0.15) is 5.76 Å². The Balaban J connectivity index is 0.000000339. The van der Waals surface area contributed by atoms with Gasteiger partial charge < -0.3 is 19.7 Å². The number of aromatic nitrogens is 1. The molecule has 1 amide bonds. The Morgan fingerprint density at radius 2 is 2.00 bits per heavy atom. The van der Waals surface area contributed by atoms with Crippen LogP contribution in [0.2, 0.25) is 0 Å². The fourth-order valence-electron chi connectivity index (χ4n) is 4.07. The molecule has 2 aliphatic heterocycles. The molecule has 0 radical (unpaired) electrons. The van der Waals surface area contributed by atoms with Crippen LogP contribution < -0.4 is 5.32 Å². The summed E-state index contributed by atoms with van der Waals surface area (Å²) in [5.74, 6) is -0.572. The van der Waals surface area contributed by atoms with Crippen molar-refractivity contribution in [2.24, 2.45) is 17.8 Å². The number of nitrogens with zero attached hydrogens (tertiary/aromatic N) is 2. The highest BCUT2D eigenvalue weighted by Gasteiger charge is 2.42. The van der Waals surface area contributed by atoms with E-state index in [1.54, 1.807) is 0 Å². The highest BCUT2D eigenvalue weighted by molar-refractivity contribution is 5.79. The van der Waals surface area contributed by atoms with Crippen molar-refractivity contribution in [3.8, 4) is 0 Å². The molecule has 31 heavy (non-hydrogen) atoms. The van der Waals surface area contributed by atoms with Gasteiger partial charge in [0, 0.05) is 50.7 Å². The molecule has 0 bridgehead atoms. The fourth-order valence-corrected chi connectivity index (χ4v) is 4.07. The number of hydrogen-bond donors (Lipinski definition) is 2. The van der Waals surface area contributed by atoms with E-state index in [-0.39, 0.29) is 17.9 Å². The Hall–Kier alpha value is -2.14. The molecule has 3 atom stereocenters. The molecule has 0 unspecified atom stereocenters. The van der Waals surface area contributed by atoms with Crippen molar-refractivity contribution in [1.82, 2.24) is 15.4 Å². The van der Waals surface area contributed by atoms with Gasteiger partial charge >= 0.3 is 12.1 Å². The second-order valence-corrected chi connectivity index (χ2v) is 8.41. The van der Waals surface area contributed by atoms with E-state index < -0.39 is 12.1 Å². The zero-order valence-electron chi connectivity index (χ0n) is 17.4. The van der Waals surface area contributed by atoms with Crippen LogP contribution in [0.1, 0.15) is 37.1 Å². The molecular formula is C20H28F3N3O5. The Kier molecular flexibility index (Phi) is 7.58. The highest BCUT2D eigenvalue weighted by atomic mass is 19.4. The third kappa shape index (κ3) is 6.93. The van der Waals surface area contributed by atoms with Gasteiger partial charge in [-0.1, -0.05) is 5.16 Å². The molecule has 174 valence electrons. The lowest BCUT2D eigenvalue weighted by molar-refractivity contribution is -0.192. The molecule has 1 aliphatic carbocycles. The first-order valence-electron chi connectivity index (χ1n) is 10.5. The van der Waals surface area contributed by atoms with Crippen molar-refractivity contribution in [3.63, 3.8) is 0 Å².